The van der Waals surface area contributed by atoms with Crippen LogP contribution in [0.4, 0.5) is 4.39 Å². The number of hydrogen-bond acceptors (Lipinski definition) is 1. The summed E-state index contributed by atoms with van der Waals surface area (Å²) >= 11 is 5.99. The highest BCUT2D eigenvalue weighted by Crippen LogP contribution is 2.54. The zero-order valence-electron chi connectivity index (χ0n) is 9.56. The topological polar surface area (TPSA) is 20.2 Å². The maximum Gasteiger partial charge on any atom is 0.123 e. The van der Waals surface area contributed by atoms with Crippen LogP contribution in [0.3, 0.4) is 0 Å². The van der Waals surface area contributed by atoms with Crippen molar-refractivity contribution < 1.29 is 9.50 Å². The molecule has 3 heteroatoms. The molecule has 0 aromatic heterocycles. The Morgan fingerprint density at radius 3 is 2.69 bits per heavy atom. The summed E-state index contributed by atoms with van der Waals surface area (Å²) in [7, 11) is 0. The molecule has 88 valence electrons. The van der Waals surface area contributed by atoms with Gasteiger partial charge in [0.25, 0.3) is 0 Å². The van der Waals surface area contributed by atoms with E-state index in [2.05, 4.69) is 6.92 Å². The van der Waals surface area contributed by atoms with E-state index in [1.165, 1.54) is 18.2 Å². The van der Waals surface area contributed by atoms with E-state index in [9.17, 15) is 9.50 Å². The Hall–Kier alpha value is -0.600. The Morgan fingerprint density at radius 2 is 2.12 bits per heavy atom. The van der Waals surface area contributed by atoms with Crippen LogP contribution >= 0.6 is 11.6 Å². The lowest BCUT2D eigenvalue weighted by Gasteiger charge is -2.31. The highest BCUT2D eigenvalue weighted by Gasteiger charge is 2.52. The molecular weight excluding hydrogens is 227 g/mol. The summed E-state index contributed by atoms with van der Waals surface area (Å²) in [5.74, 6) is -0.309. The van der Waals surface area contributed by atoms with E-state index in [1.54, 1.807) is 6.92 Å². The fraction of sp³-hybridized carbons (Fsp3) is 0.538. The first-order valence-electron chi connectivity index (χ1n) is 5.50. The van der Waals surface area contributed by atoms with E-state index in [4.69, 9.17) is 11.6 Å². The molecule has 0 bridgehead atoms. The van der Waals surface area contributed by atoms with E-state index in [0.717, 1.165) is 12.8 Å². The molecule has 0 saturated heterocycles. The van der Waals surface area contributed by atoms with Crippen LogP contribution in [-0.2, 0) is 6.42 Å². The van der Waals surface area contributed by atoms with Gasteiger partial charge in [-0.15, -0.1) is 0 Å². The van der Waals surface area contributed by atoms with Crippen molar-refractivity contribution in [2.24, 2.45) is 5.41 Å². The van der Waals surface area contributed by atoms with Gasteiger partial charge in [0.1, 0.15) is 5.82 Å². The van der Waals surface area contributed by atoms with Gasteiger partial charge in [-0.05, 0) is 48.9 Å². The summed E-state index contributed by atoms with van der Waals surface area (Å²) in [6, 6.07) is 4.28. The standard InChI is InChI=1S/C13H16ClFO/c1-12(5-6-12)13(2,16)8-9-7-10(15)3-4-11(9)14/h3-4,7,16H,5-6,8H2,1-2H3. The molecule has 1 atom stereocenters. The van der Waals surface area contributed by atoms with Crippen molar-refractivity contribution in [1.82, 2.24) is 0 Å². The Bertz CT molecular complexity index is 410. The Kier molecular flexibility index (Phi) is 2.75. The van der Waals surface area contributed by atoms with Gasteiger partial charge in [0.05, 0.1) is 5.60 Å². The fourth-order valence-corrected chi connectivity index (χ4v) is 2.17. The van der Waals surface area contributed by atoms with Crippen molar-refractivity contribution in [3.63, 3.8) is 0 Å². The van der Waals surface area contributed by atoms with Gasteiger partial charge < -0.3 is 5.11 Å². The second-order valence-corrected chi connectivity index (χ2v) is 5.65. The van der Waals surface area contributed by atoms with Crippen LogP contribution in [0.15, 0.2) is 18.2 Å². The molecule has 1 unspecified atom stereocenters. The number of hydrogen-bond donors (Lipinski definition) is 1. The lowest BCUT2D eigenvalue weighted by atomic mass is 9.82. The molecule has 1 fully saturated rings. The SMILES string of the molecule is CC(O)(Cc1cc(F)ccc1Cl)C1(C)CC1. The normalized spacial score (nSPS) is 21.6. The molecule has 0 spiro atoms. The third kappa shape index (κ3) is 2.09. The van der Waals surface area contributed by atoms with Crippen molar-refractivity contribution in [2.45, 2.75) is 38.7 Å². The monoisotopic (exact) mass is 242 g/mol. The average Bonchev–Trinajstić information content (AvgIpc) is 2.91. The van der Waals surface area contributed by atoms with Gasteiger partial charge in [-0.1, -0.05) is 18.5 Å². The average molecular weight is 243 g/mol. The van der Waals surface area contributed by atoms with Gasteiger partial charge in [0, 0.05) is 11.4 Å². The summed E-state index contributed by atoms with van der Waals surface area (Å²) in [6.07, 6.45) is 2.44. The van der Waals surface area contributed by atoms with Gasteiger partial charge in [-0.2, -0.15) is 0 Å². The van der Waals surface area contributed by atoms with Crippen LogP contribution < -0.4 is 0 Å². The predicted octanol–water partition coefficient (Wildman–Crippen LogP) is 3.57. The van der Waals surface area contributed by atoms with Crippen molar-refractivity contribution in [3.05, 3.63) is 34.6 Å². The zero-order valence-corrected chi connectivity index (χ0v) is 10.3. The molecule has 0 amide bonds. The van der Waals surface area contributed by atoms with Crippen LogP contribution in [0.2, 0.25) is 5.02 Å². The summed E-state index contributed by atoms with van der Waals surface area (Å²) in [4.78, 5) is 0. The van der Waals surface area contributed by atoms with Crippen LogP contribution in [0.25, 0.3) is 0 Å². The highest BCUT2D eigenvalue weighted by molar-refractivity contribution is 6.31. The maximum atomic E-state index is 13.1. The van der Waals surface area contributed by atoms with Crippen molar-refractivity contribution in [2.75, 3.05) is 0 Å². The molecule has 2 rings (SSSR count). The first kappa shape index (κ1) is 11.9. The summed E-state index contributed by atoms with van der Waals surface area (Å²) in [5, 5.41) is 10.9. The second kappa shape index (κ2) is 3.71. The van der Waals surface area contributed by atoms with Crippen molar-refractivity contribution in [1.29, 1.82) is 0 Å². The summed E-state index contributed by atoms with van der Waals surface area (Å²) in [5.41, 5.74) is -0.174. The molecule has 1 aliphatic carbocycles. The molecule has 0 radical (unpaired) electrons. The van der Waals surface area contributed by atoms with Gasteiger partial charge in [0.15, 0.2) is 0 Å². The Labute approximate surface area is 100 Å². The van der Waals surface area contributed by atoms with Crippen LogP contribution in [0.1, 0.15) is 32.3 Å². The van der Waals surface area contributed by atoms with E-state index < -0.39 is 5.60 Å². The Balaban J connectivity index is 2.23. The van der Waals surface area contributed by atoms with Gasteiger partial charge in [-0.25, -0.2) is 4.39 Å². The van der Waals surface area contributed by atoms with Crippen molar-refractivity contribution in [3.8, 4) is 0 Å². The number of halogens is 2. The van der Waals surface area contributed by atoms with E-state index >= 15 is 0 Å². The van der Waals surface area contributed by atoms with Gasteiger partial charge in [0.2, 0.25) is 0 Å². The number of aliphatic hydroxyl groups is 1. The lowest BCUT2D eigenvalue weighted by Crippen LogP contribution is -2.36. The van der Waals surface area contributed by atoms with Crippen LogP contribution in [-0.4, -0.2) is 10.7 Å². The third-order valence-electron chi connectivity index (χ3n) is 3.84. The minimum Gasteiger partial charge on any atom is -0.389 e. The summed E-state index contributed by atoms with van der Waals surface area (Å²) in [6.45, 7) is 3.86. The molecule has 1 N–H and O–H groups in total. The molecule has 0 heterocycles. The molecule has 1 aromatic rings. The molecule has 1 aromatic carbocycles. The minimum absolute atomic E-state index is 0.0390. The molecule has 1 aliphatic rings. The molecule has 16 heavy (non-hydrogen) atoms. The van der Waals surface area contributed by atoms with Gasteiger partial charge >= 0.3 is 0 Å². The first-order chi connectivity index (χ1) is 7.34. The Morgan fingerprint density at radius 1 is 1.50 bits per heavy atom. The largest absolute Gasteiger partial charge is 0.389 e. The molecular formula is C13H16ClFO. The molecule has 1 nitrogen and oxygen atoms in total. The first-order valence-corrected chi connectivity index (χ1v) is 5.88. The predicted molar refractivity (Wildman–Crippen MR) is 63.1 cm³/mol. The van der Waals surface area contributed by atoms with E-state index in [-0.39, 0.29) is 11.2 Å². The maximum absolute atomic E-state index is 13.1. The highest BCUT2D eigenvalue weighted by atomic mass is 35.5. The van der Waals surface area contributed by atoms with Crippen molar-refractivity contribution >= 4 is 11.6 Å². The minimum atomic E-state index is -0.815. The van der Waals surface area contributed by atoms with Crippen LogP contribution in [0, 0.1) is 11.2 Å². The van der Waals surface area contributed by atoms with Crippen LogP contribution in [0.5, 0.6) is 0 Å². The molecule has 1 saturated carbocycles. The van der Waals surface area contributed by atoms with E-state index in [1.807, 2.05) is 0 Å². The lowest BCUT2D eigenvalue weighted by molar-refractivity contribution is -0.00704. The fourth-order valence-electron chi connectivity index (χ4n) is 1.99. The van der Waals surface area contributed by atoms with E-state index in [0.29, 0.717) is 17.0 Å². The number of rotatable bonds is 3. The smallest absolute Gasteiger partial charge is 0.123 e. The second-order valence-electron chi connectivity index (χ2n) is 5.25. The van der Waals surface area contributed by atoms with Gasteiger partial charge in [-0.3, -0.25) is 0 Å². The summed E-state index contributed by atoms with van der Waals surface area (Å²) < 4.78 is 13.1. The quantitative estimate of drug-likeness (QED) is 0.859. The molecule has 0 aliphatic heterocycles. The zero-order chi connectivity index (χ0) is 12.0. The number of benzene rings is 1. The third-order valence-corrected chi connectivity index (χ3v) is 4.21.